The van der Waals surface area contributed by atoms with Gasteiger partial charge in [-0.3, -0.25) is 4.79 Å². The first kappa shape index (κ1) is 11.7. The van der Waals surface area contributed by atoms with Crippen molar-refractivity contribution in [2.24, 2.45) is 0 Å². The number of carbonyl (C=O) groups excluding carboxylic acids is 1. The summed E-state index contributed by atoms with van der Waals surface area (Å²) in [7, 11) is 0. The number of carbonyl (C=O) groups is 1. The maximum absolute atomic E-state index is 11.0. The monoisotopic (exact) mass is 274 g/mol. The normalized spacial score (nSPS) is 12.6. The Balaban J connectivity index is 2.82. The average Bonchev–Trinajstić information content (AvgIpc) is 2.09. The van der Waals surface area contributed by atoms with Gasteiger partial charge in [-0.25, -0.2) is 0 Å². The molecule has 76 valence electrons. The standard InChI is InChI=1S/C11H12BrClO/c1-7-5-10(12)4-3-9(7)6-11(13)8(2)14/h3-5,11H,6H2,1-2H3. The average molecular weight is 276 g/mol. The number of ketones is 1. The lowest BCUT2D eigenvalue weighted by molar-refractivity contribution is -0.116. The van der Waals surface area contributed by atoms with Crippen molar-refractivity contribution in [1.82, 2.24) is 0 Å². The van der Waals surface area contributed by atoms with Gasteiger partial charge in [0.25, 0.3) is 0 Å². The summed E-state index contributed by atoms with van der Waals surface area (Å²) >= 11 is 9.29. The molecule has 0 heterocycles. The molecular weight excluding hydrogens is 263 g/mol. The Hall–Kier alpha value is -0.340. The van der Waals surface area contributed by atoms with E-state index in [1.807, 2.05) is 25.1 Å². The Morgan fingerprint density at radius 2 is 2.21 bits per heavy atom. The topological polar surface area (TPSA) is 17.1 Å². The largest absolute Gasteiger partial charge is 0.298 e. The molecule has 1 rings (SSSR count). The van der Waals surface area contributed by atoms with Crippen LogP contribution >= 0.6 is 27.5 Å². The van der Waals surface area contributed by atoms with Gasteiger partial charge in [0.2, 0.25) is 0 Å². The number of benzene rings is 1. The Morgan fingerprint density at radius 3 is 2.71 bits per heavy atom. The summed E-state index contributed by atoms with van der Waals surface area (Å²) in [4.78, 5) is 11.0. The van der Waals surface area contributed by atoms with Crippen LogP contribution in [0.5, 0.6) is 0 Å². The summed E-state index contributed by atoms with van der Waals surface area (Å²) < 4.78 is 1.05. The van der Waals surface area contributed by atoms with E-state index in [1.165, 1.54) is 6.92 Å². The van der Waals surface area contributed by atoms with Gasteiger partial charge in [0.1, 0.15) is 5.78 Å². The highest BCUT2D eigenvalue weighted by Crippen LogP contribution is 2.18. The minimum absolute atomic E-state index is 0.0222. The van der Waals surface area contributed by atoms with Gasteiger partial charge in [0.15, 0.2) is 0 Å². The highest BCUT2D eigenvalue weighted by Gasteiger charge is 2.12. The van der Waals surface area contributed by atoms with Gasteiger partial charge in [-0.2, -0.15) is 0 Å². The van der Waals surface area contributed by atoms with Crippen LogP contribution < -0.4 is 0 Å². The van der Waals surface area contributed by atoms with Crippen LogP contribution in [0.4, 0.5) is 0 Å². The number of hydrogen-bond donors (Lipinski definition) is 0. The Bertz CT molecular complexity index is 349. The first-order chi connectivity index (χ1) is 6.50. The maximum atomic E-state index is 11.0. The first-order valence-electron chi connectivity index (χ1n) is 4.40. The van der Waals surface area contributed by atoms with Gasteiger partial charge in [-0.15, -0.1) is 11.6 Å². The molecule has 14 heavy (non-hydrogen) atoms. The van der Waals surface area contributed by atoms with Gasteiger partial charge in [0.05, 0.1) is 5.38 Å². The second kappa shape index (κ2) is 4.94. The molecule has 0 saturated heterocycles. The molecule has 3 heteroatoms. The summed E-state index contributed by atoms with van der Waals surface area (Å²) in [6, 6.07) is 5.99. The van der Waals surface area contributed by atoms with E-state index >= 15 is 0 Å². The van der Waals surface area contributed by atoms with Gasteiger partial charge < -0.3 is 0 Å². The maximum Gasteiger partial charge on any atom is 0.147 e. The number of halogens is 2. The molecule has 0 aliphatic heterocycles. The van der Waals surface area contributed by atoms with E-state index < -0.39 is 5.38 Å². The fourth-order valence-electron chi connectivity index (χ4n) is 1.23. The second-order valence-electron chi connectivity index (χ2n) is 3.35. The summed E-state index contributed by atoms with van der Waals surface area (Å²) in [6.07, 6.45) is 0.607. The molecule has 1 atom stereocenters. The molecule has 0 saturated carbocycles. The molecule has 0 spiro atoms. The van der Waals surface area contributed by atoms with Crippen LogP contribution in [0.1, 0.15) is 18.1 Å². The Kier molecular flexibility index (Phi) is 4.14. The van der Waals surface area contributed by atoms with Gasteiger partial charge in [-0.05, 0) is 43.5 Å². The zero-order chi connectivity index (χ0) is 10.7. The van der Waals surface area contributed by atoms with Crippen LogP contribution in [-0.2, 0) is 11.2 Å². The lowest BCUT2D eigenvalue weighted by Gasteiger charge is -2.08. The lowest BCUT2D eigenvalue weighted by atomic mass is 10.0. The van der Waals surface area contributed by atoms with Crippen molar-refractivity contribution < 1.29 is 4.79 Å². The molecule has 1 aromatic rings. The minimum atomic E-state index is -0.408. The van der Waals surface area contributed by atoms with Crippen LogP contribution in [0, 0.1) is 6.92 Å². The van der Waals surface area contributed by atoms with Gasteiger partial charge >= 0.3 is 0 Å². The van der Waals surface area contributed by atoms with Crippen molar-refractivity contribution in [2.75, 3.05) is 0 Å². The molecule has 0 aromatic heterocycles. The van der Waals surface area contributed by atoms with E-state index in [2.05, 4.69) is 15.9 Å². The Morgan fingerprint density at radius 1 is 1.57 bits per heavy atom. The molecule has 0 amide bonds. The van der Waals surface area contributed by atoms with Gasteiger partial charge in [0, 0.05) is 4.47 Å². The second-order valence-corrected chi connectivity index (χ2v) is 4.80. The van der Waals surface area contributed by atoms with E-state index in [0.29, 0.717) is 6.42 Å². The van der Waals surface area contributed by atoms with E-state index in [4.69, 9.17) is 11.6 Å². The van der Waals surface area contributed by atoms with Crippen molar-refractivity contribution in [3.63, 3.8) is 0 Å². The molecule has 0 bridgehead atoms. The van der Waals surface area contributed by atoms with Crippen LogP contribution in [0.3, 0.4) is 0 Å². The summed E-state index contributed by atoms with van der Waals surface area (Å²) in [5, 5.41) is -0.408. The minimum Gasteiger partial charge on any atom is -0.298 e. The van der Waals surface area contributed by atoms with Crippen molar-refractivity contribution in [1.29, 1.82) is 0 Å². The smallest absolute Gasteiger partial charge is 0.147 e. The quantitative estimate of drug-likeness (QED) is 0.772. The van der Waals surface area contributed by atoms with Crippen LogP contribution in [0.2, 0.25) is 0 Å². The summed E-state index contributed by atoms with van der Waals surface area (Å²) in [6.45, 7) is 3.54. The van der Waals surface area contributed by atoms with E-state index in [9.17, 15) is 4.79 Å². The van der Waals surface area contributed by atoms with Crippen molar-refractivity contribution in [3.05, 3.63) is 33.8 Å². The van der Waals surface area contributed by atoms with Crippen LogP contribution in [-0.4, -0.2) is 11.2 Å². The SMILES string of the molecule is CC(=O)C(Cl)Cc1ccc(Br)cc1C. The van der Waals surface area contributed by atoms with Crippen LogP contribution in [0.15, 0.2) is 22.7 Å². The molecule has 0 fully saturated rings. The molecule has 1 nitrogen and oxygen atoms in total. The fraction of sp³-hybridized carbons (Fsp3) is 0.364. The van der Waals surface area contributed by atoms with Crippen molar-refractivity contribution in [3.8, 4) is 0 Å². The third-order valence-electron chi connectivity index (χ3n) is 2.14. The number of Topliss-reactive ketones (excluding diaryl/α,β-unsaturated/α-hetero) is 1. The lowest BCUT2D eigenvalue weighted by Crippen LogP contribution is -2.13. The highest BCUT2D eigenvalue weighted by molar-refractivity contribution is 9.10. The zero-order valence-corrected chi connectivity index (χ0v) is 10.5. The van der Waals surface area contributed by atoms with E-state index in [0.717, 1.165) is 15.6 Å². The van der Waals surface area contributed by atoms with Crippen LogP contribution in [0.25, 0.3) is 0 Å². The third-order valence-corrected chi connectivity index (χ3v) is 3.10. The molecule has 1 aromatic carbocycles. The highest BCUT2D eigenvalue weighted by atomic mass is 79.9. The number of hydrogen-bond acceptors (Lipinski definition) is 1. The predicted molar refractivity (Wildman–Crippen MR) is 62.9 cm³/mol. The number of rotatable bonds is 3. The predicted octanol–water partition coefficient (Wildman–Crippen LogP) is 3.50. The Labute approximate surface area is 97.6 Å². The molecular formula is C11H12BrClO. The fourth-order valence-corrected chi connectivity index (χ4v) is 1.87. The molecule has 0 radical (unpaired) electrons. The molecule has 0 N–H and O–H groups in total. The van der Waals surface area contributed by atoms with Crippen molar-refractivity contribution >= 4 is 33.3 Å². The summed E-state index contributed by atoms with van der Waals surface area (Å²) in [5.41, 5.74) is 2.29. The van der Waals surface area contributed by atoms with Gasteiger partial charge in [-0.1, -0.05) is 22.0 Å². The third kappa shape index (κ3) is 3.10. The number of aryl methyl sites for hydroxylation is 1. The van der Waals surface area contributed by atoms with E-state index in [1.54, 1.807) is 0 Å². The first-order valence-corrected chi connectivity index (χ1v) is 5.63. The molecule has 0 aliphatic carbocycles. The number of alkyl halides is 1. The molecule has 0 aliphatic rings. The summed E-state index contributed by atoms with van der Waals surface area (Å²) in [5.74, 6) is 0.0222. The zero-order valence-electron chi connectivity index (χ0n) is 8.18. The van der Waals surface area contributed by atoms with Crippen molar-refractivity contribution in [2.45, 2.75) is 25.6 Å². The van der Waals surface area contributed by atoms with E-state index in [-0.39, 0.29) is 5.78 Å². The molecule has 1 unspecified atom stereocenters.